The van der Waals surface area contributed by atoms with Gasteiger partial charge in [-0.25, -0.2) is 26.3 Å². The maximum Gasteiger partial charge on any atom is 0.411 e. The van der Waals surface area contributed by atoms with Gasteiger partial charge in [0.2, 0.25) is 22.8 Å². The highest BCUT2D eigenvalue weighted by atomic mass is 19.4. The Morgan fingerprint density at radius 1 is 0.471 bits per heavy atom. The third kappa shape index (κ3) is 9.09. The van der Waals surface area contributed by atoms with Crippen molar-refractivity contribution in [3.05, 3.63) is 183 Å². The molecule has 6 aromatic rings. The van der Waals surface area contributed by atoms with Gasteiger partial charge in [-0.1, -0.05) is 45.0 Å². The number of hydrogen-bond donors (Lipinski definition) is 0. The van der Waals surface area contributed by atoms with E-state index in [9.17, 15) is 44.7 Å². The molecule has 0 amide bonds. The lowest BCUT2D eigenvalue weighted by Crippen LogP contribution is -2.54. The molecule has 0 unspecified atom stereocenters. The topological polar surface area (TPSA) is 61.8 Å². The summed E-state index contributed by atoms with van der Waals surface area (Å²) in [5.41, 5.74) is -13.7. The molecule has 0 aliphatic rings. The smallest absolute Gasteiger partial charge is 0.411 e. The van der Waals surface area contributed by atoms with Crippen LogP contribution in [0.4, 0.5) is 61.5 Å². The number of benzene rings is 6. The first kappa shape index (κ1) is 50.5. The molecule has 0 aliphatic carbocycles. The van der Waals surface area contributed by atoms with Crippen LogP contribution in [0, 0.1) is 46.5 Å². The highest BCUT2D eigenvalue weighted by molar-refractivity contribution is 6.10. The number of ether oxygens (including phenoxy) is 3. The summed E-state index contributed by atoms with van der Waals surface area (Å²) in [4.78, 5) is 26.2. The van der Waals surface area contributed by atoms with Crippen LogP contribution in [0.15, 0.2) is 97.1 Å². The maximum atomic E-state index is 15.4. The number of hydrogen-bond acceptors (Lipinski definition) is 5. The predicted octanol–water partition coefficient (Wildman–Crippen LogP) is 14.7. The van der Waals surface area contributed by atoms with Gasteiger partial charge in [0.05, 0.1) is 6.10 Å². The van der Waals surface area contributed by atoms with Crippen molar-refractivity contribution in [2.75, 3.05) is 0 Å². The van der Waals surface area contributed by atoms with E-state index in [1.165, 1.54) is 13.8 Å². The first-order chi connectivity index (χ1) is 31.7. The van der Waals surface area contributed by atoms with Crippen LogP contribution in [0.25, 0.3) is 0 Å². The van der Waals surface area contributed by atoms with Crippen molar-refractivity contribution in [1.29, 1.82) is 0 Å². The van der Waals surface area contributed by atoms with E-state index in [4.69, 9.17) is 14.2 Å². The van der Waals surface area contributed by atoms with Gasteiger partial charge in [0, 0.05) is 16.7 Å². The monoisotopic (exact) mass is 968 g/mol. The minimum Gasteiger partial charge on any atom is -0.491 e. The number of carbonyl (C=O) groups is 2. The Labute approximate surface area is 377 Å². The van der Waals surface area contributed by atoms with Crippen LogP contribution in [0.5, 0.6) is 28.7 Å². The minimum absolute atomic E-state index is 0.0266. The lowest BCUT2D eigenvalue weighted by molar-refractivity contribution is -0.288. The van der Waals surface area contributed by atoms with Gasteiger partial charge in [0.1, 0.15) is 34.1 Å². The molecule has 6 aromatic carbocycles. The standard InChI is InChI=1S/C49H34F14O5/c1-6-46(4,5)34-39(54)35(50)32(36(51)40(34)55)43(64)24-7-15-29(16-8-24)67-30-17-9-25(10-18-30)44(65)33-37(52)41(56)45(42(57)38(33)53)68-31-21-13-27(14-22-31)47(48(58,59)60,49(61,62)63)26-11-19-28(20-12-26)66-23(2)3/h7-23H,6H2,1-5H3. The Kier molecular flexibility index (Phi) is 13.8. The molecule has 0 spiro atoms. The number of rotatable bonds is 14. The number of halogens is 14. The van der Waals surface area contributed by atoms with Crippen LogP contribution in [-0.2, 0) is 10.8 Å². The quantitative estimate of drug-likeness (QED) is 0.0618. The van der Waals surface area contributed by atoms with Crippen molar-refractivity contribution in [2.24, 2.45) is 0 Å². The van der Waals surface area contributed by atoms with Gasteiger partial charge in [-0.2, -0.15) is 35.1 Å². The molecule has 358 valence electrons. The zero-order valence-corrected chi connectivity index (χ0v) is 35.9. The number of carbonyl (C=O) groups excluding carboxylic acids is 2. The van der Waals surface area contributed by atoms with E-state index < -0.39 is 138 Å². The Morgan fingerprint density at radius 2 is 0.794 bits per heavy atom. The molecular weight excluding hydrogens is 935 g/mol. The molecule has 68 heavy (non-hydrogen) atoms. The van der Waals surface area contributed by atoms with Crippen LogP contribution in [0.3, 0.4) is 0 Å². The summed E-state index contributed by atoms with van der Waals surface area (Å²) in [5, 5.41) is 0. The van der Waals surface area contributed by atoms with E-state index in [-0.39, 0.29) is 23.7 Å². The Morgan fingerprint density at radius 3 is 1.13 bits per heavy atom. The maximum absolute atomic E-state index is 15.4. The molecule has 0 fully saturated rings. The van der Waals surface area contributed by atoms with Gasteiger partial charge in [-0.3, -0.25) is 9.59 Å². The lowest BCUT2D eigenvalue weighted by atomic mass is 9.73. The van der Waals surface area contributed by atoms with E-state index in [2.05, 4.69) is 0 Å². The molecule has 0 atom stereocenters. The lowest BCUT2D eigenvalue weighted by Gasteiger charge is -2.38. The zero-order valence-electron chi connectivity index (χ0n) is 35.9. The molecule has 0 aliphatic heterocycles. The fraction of sp³-hybridized carbons (Fsp3) is 0.224. The van der Waals surface area contributed by atoms with Crippen LogP contribution >= 0.6 is 0 Å². The SMILES string of the molecule is CCC(C)(C)c1c(F)c(F)c(C(=O)c2ccc(Oc3ccc(C(=O)c4c(F)c(F)c(Oc5ccc(C(c6ccc(OC(C)C)cc6)(C(F)(F)F)C(F)(F)F)cc5)c(F)c4F)cc3)cc2)c(F)c1F. The fourth-order valence-electron chi connectivity index (χ4n) is 7.20. The summed E-state index contributed by atoms with van der Waals surface area (Å²) < 4.78 is 225. The van der Waals surface area contributed by atoms with Crippen LogP contribution in [-0.4, -0.2) is 30.0 Å². The largest absolute Gasteiger partial charge is 0.491 e. The molecule has 0 N–H and O–H groups in total. The van der Waals surface area contributed by atoms with Crippen molar-refractivity contribution in [3.8, 4) is 28.7 Å². The van der Waals surface area contributed by atoms with Gasteiger partial charge in [0.15, 0.2) is 46.5 Å². The molecule has 0 saturated carbocycles. The fourth-order valence-corrected chi connectivity index (χ4v) is 7.20. The number of alkyl halides is 6. The Bertz CT molecular complexity index is 2800. The summed E-state index contributed by atoms with van der Waals surface area (Å²) in [6, 6.07) is 12.7. The summed E-state index contributed by atoms with van der Waals surface area (Å²) in [5.74, 6) is -22.2. The molecule has 0 saturated heterocycles. The van der Waals surface area contributed by atoms with Crippen molar-refractivity contribution in [3.63, 3.8) is 0 Å². The predicted molar refractivity (Wildman–Crippen MR) is 217 cm³/mol. The molecule has 6 rings (SSSR count). The molecule has 19 heteroatoms. The van der Waals surface area contributed by atoms with Crippen molar-refractivity contribution in [1.82, 2.24) is 0 Å². The average Bonchev–Trinajstić information content (AvgIpc) is 3.27. The van der Waals surface area contributed by atoms with Gasteiger partial charge in [0.25, 0.3) is 0 Å². The number of ketones is 2. The molecule has 5 nitrogen and oxygen atoms in total. The molecule has 0 radical (unpaired) electrons. The minimum atomic E-state index is -6.02. The van der Waals surface area contributed by atoms with Gasteiger partial charge in [-0.15, -0.1) is 0 Å². The summed E-state index contributed by atoms with van der Waals surface area (Å²) >= 11 is 0. The van der Waals surface area contributed by atoms with Crippen LogP contribution < -0.4 is 14.2 Å². The average molecular weight is 969 g/mol. The van der Waals surface area contributed by atoms with Crippen LogP contribution in [0.1, 0.15) is 89.6 Å². The van der Waals surface area contributed by atoms with Crippen LogP contribution in [0.2, 0.25) is 0 Å². The zero-order chi connectivity index (χ0) is 50.4. The summed E-state index contributed by atoms with van der Waals surface area (Å²) in [7, 11) is 0. The second kappa shape index (κ2) is 18.6. The second-order valence-corrected chi connectivity index (χ2v) is 16.1. The second-order valence-electron chi connectivity index (χ2n) is 16.1. The summed E-state index contributed by atoms with van der Waals surface area (Å²) in [6.07, 6.45) is -12.4. The first-order valence-corrected chi connectivity index (χ1v) is 20.1. The first-order valence-electron chi connectivity index (χ1n) is 20.1. The molecular formula is C49H34F14O5. The van der Waals surface area contributed by atoms with E-state index >= 15 is 26.3 Å². The van der Waals surface area contributed by atoms with Crippen molar-refractivity contribution < 1.29 is 85.3 Å². The Balaban J connectivity index is 1.20. The van der Waals surface area contributed by atoms with Crippen molar-refractivity contribution in [2.45, 2.75) is 70.3 Å². The molecule has 0 bridgehead atoms. The van der Waals surface area contributed by atoms with Crippen molar-refractivity contribution >= 4 is 11.6 Å². The highest BCUT2D eigenvalue weighted by Crippen LogP contribution is 2.56. The highest BCUT2D eigenvalue weighted by Gasteiger charge is 2.72. The van der Waals surface area contributed by atoms with E-state index in [0.29, 0.717) is 36.4 Å². The summed E-state index contributed by atoms with van der Waals surface area (Å²) in [6.45, 7) is 7.43. The molecule has 0 aromatic heterocycles. The Hall–Kier alpha value is -6.92. The third-order valence-electron chi connectivity index (χ3n) is 11.0. The third-order valence-corrected chi connectivity index (χ3v) is 11.0. The van der Waals surface area contributed by atoms with Gasteiger partial charge < -0.3 is 14.2 Å². The van der Waals surface area contributed by atoms with E-state index in [1.54, 1.807) is 20.8 Å². The molecule has 0 heterocycles. The van der Waals surface area contributed by atoms with E-state index in [0.717, 1.165) is 60.7 Å². The van der Waals surface area contributed by atoms with Gasteiger partial charge >= 0.3 is 12.4 Å². The normalized spacial score (nSPS) is 12.4. The van der Waals surface area contributed by atoms with E-state index in [1.807, 2.05) is 0 Å². The van der Waals surface area contributed by atoms with Gasteiger partial charge in [-0.05, 0) is 110 Å².